The maximum Gasteiger partial charge on any atom is 0.253 e. The van der Waals surface area contributed by atoms with Gasteiger partial charge in [-0.15, -0.1) is 0 Å². The van der Waals surface area contributed by atoms with E-state index in [1.54, 1.807) is 23.1 Å². The first kappa shape index (κ1) is 15.5. The molecule has 0 saturated carbocycles. The molecular formula is C14H18BrNO3S. The number of rotatable bonds is 4. The lowest BCUT2D eigenvalue weighted by atomic mass is 10.1. The van der Waals surface area contributed by atoms with Crippen molar-refractivity contribution in [1.82, 2.24) is 4.90 Å². The molecule has 20 heavy (non-hydrogen) atoms. The van der Waals surface area contributed by atoms with Gasteiger partial charge in [-0.25, -0.2) is 8.42 Å². The van der Waals surface area contributed by atoms with Gasteiger partial charge < -0.3 is 4.90 Å². The maximum absolute atomic E-state index is 12.2. The number of halogens is 1. The molecule has 2 rings (SSSR count). The Morgan fingerprint density at radius 1 is 1.40 bits per heavy atom. The third-order valence-electron chi connectivity index (χ3n) is 3.28. The molecule has 0 unspecified atom stereocenters. The van der Waals surface area contributed by atoms with Crippen LogP contribution in [0.15, 0.2) is 28.7 Å². The fourth-order valence-corrected chi connectivity index (χ4v) is 4.65. The van der Waals surface area contributed by atoms with Gasteiger partial charge in [0.25, 0.3) is 5.91 Å². The van der Waals surface area contributed by atoms with E-state index in [0.717, 1.165) is 4.47 Å². The fourth-order valence-electron chi connectivity index (χ4n) is 2.24. The van der Waals surface area contributed by atoms with Gasteiger partial charge in [0.1, 0.15) is 0 Å². The Hall–Kier alpha value is -0.880. The van der Waals surface area contributed by atoms with Crippen LogP contribution in [0.25, 0.3) is 0 Å². The van der Waals surface area contributed by atoms with E-state index in [1.807, 2.05) is 19.9 Å². The first-order valence-corrected chi connectivity index (χ1v) is 9.07. The van der Waals surface area contributed by atoms with Crippen molar-refractivity contribution in [3.8, 4) is 0 Å². The van der Waals surface area contributed by atoms with E-state index in [0.29, 0.717) is 18.7 Å². The van der Waals surface area contributed by atoms with Crippen molar-refractivity contribution in [2.45, 2.75) is 19.1 Å². The minimum atomic E-state index is -3.08. The zero-order valence-electron chi connectivity index (χ0n) is 11.5. The molecule has 1 fully saturated rings. The Morgan fingerprint density at radius 3 is 2.60 bits per heavy atom. The van der Waals surface area contributed by atoms with Gasteiger partial charge in [0, 0.05) is 23.1 Å². The van der Waals surface area contributed by atoms with E-state index >= 15 is 0 Å². The quantitative estimate of drug-likeness (QED) is 0.828. The number of carbonyl (C=O) groups excluding carboxylic acids is 1. The summed E-state index contributed by atoms with van der Waals surface area (Å²) in [5, 5.41) is -0.402. The second-order valence-electron chi connectivity index (χ2n) is 5.57. The van der Waals surface area contributed by atoms with Gasteiger partial charge in [-0.1, -0.05) is 35.8 Å². The molecule has 1 amide bonds. The summed E-state index contributed by atoms with van der Waals surface area (Å²) in [6, 6.07) is 7.13. The number of carbonyl (C=O) groups is 1. The van der Waals surface area contributed by atoms with Crippen LogP contribution in [0, 0.1) is 5.92 Å². The molecule has 1 aliphatic rings. The van der Waals surface area contributed by atoms with Gasteiger partial charge in [-0.05, 0) is 24.1 Å². The molecule has 0 aliphatic carbocycles. The predicted molar refractivity (Wildman–Crippen MR) is 82.5 cm³/mol. The molecule has 6 heteroatoms. The second-order valence-corrected chi connectivity index (χ2v) is 8.81. The fraction of sp³-hybridized carbons (Fsp3) is 0.500. The average Bonchev–Trinajstić information content (AvgIpc) is 2.24. The highest BCUT2D eigenvalue weighted by molar-refractivity contribution is 9.10. The van der Waals surface area contributed by atoms with Crippen molar-refractivity contribution in [2.24, 2.45) is 5.92 Å². The van der Waals surface area contributed by atoms with Crippen molar-refractivity contribution in [3.63, 3.8) is 0 Å². The number of likely N-dealkylation sites (tertiary alicyclic amines) is 1. The summed E-state index contributed by atoms with van der Waals surface area (Å²) in [6.07, 6.45) is 0. The van der Waals surface area contributed by atoms with Crippen LogP contribution in [0.2, 0.25) is 0 Å². The number of nitrogens with zero attached hydrogens (tertiary/aromatic N) is 1. The molecule has 1 heterocycles. The van der Waals surface area contributed by atoms with Crippen LogP contribution in [0.5, 0.6) is 0 Å². The molecule has 110 valence electrons. The minimum absolute atomic E-state index is 0.109. The standard InChI is InChI=1S/C14H18BrNO3S/c1-10(2)9-20(18,19)13-7-16(8-13)14(17)11-4-3-5-12(15)6-11/h3-6,10,13H,7-9H2,1-2H3. The average molecular weight is 360 g/mol. The molecule has 1 aliphatic heterocycles. The van der Waals surface area contributed by atoms with Crippen molar-refractivity contribution >= 4 is 31.7 Å². The van der Waals surface area contributed by atoms with Gasteiger partial charge >= 0.3 is 0 Å². The van der Waals surface area contributed by atoms with E-state index in [9.17, 15) is 13.2 Å². The van der Waals surface area contributed by atoms with Gasteiger partial charge in [-0.2, -0.15) is 0 Å². The third kappa shape index (κ3) is 3.41. The summed E-state index contributed by atoms with van der Waals surface area (Å²) in [5.74, 6) is 0.202. The summed E-state index contributed by atoms with van der Waals surface area (Å²) in [5.41, 5.74) is 0.582. The third-order valence-corrected chi connectivity index (χ3v) is 6.22. The highest BCUT2D eigenvalue weighted by Crippen LogP contribution is 2.22. The van der Waals surface area contributed by atoms with Crippen molar-refractivity contribution in [1.29, 1.82) is 0 Å². The van der Waals surface area contributed by atoms with Gasteiger partial charge in [0.05, 0.1) is 11.0 Å². The smallest absolute Gasteiger partial charge is 0.253 e. The zero-order chi connectivity index (χ0) is 14.9. The Morgan fingerprint density at radius 2 is 2.05 bits per heavy atom. The lowest BCUT2D eigenvalue weighted by molar-refractivity contribution is 0.0658. The molecule has 1 aromatic rings. The maximum atomic E-state index is 12.2. The monoisotopic (exact) mass is 359 g/mol. The molecule has 1 aromatic carbocycles. The summed E-state index contributed by atoms with van der Waals surface area (Å²) < 4.78 is 24.9. The normalized spacial score (nSPS) is 16.3. The lowest BCUT2D eigenvalue weighted by Crippen LogP contribution is -2.57. The van der Waals surface area contributed by atoms with Crippen LogP contribution >= 0.6 is 15.9 Å². The summed E-state index contributed by atoms with van der Waals surface area (Å²) in [7, 11) is -3.08. The van der Waals surface area contributed by atoms with Crippen LogP contribution in [-0.2, 0) is 9.84 Å². The highest BCUT2D eigenvalue weighted by Gasteiger charge is 2.39. The van der Waals surface area contributed by atoms with Crippen LogP contribution in [0.1, 0.15) is 24.2 Å². The van der Waals surface area contributed by atoms with E-state index < -0.39 is 15.1 Å². The van der Waals surface area contributed by atoms with E-state index in [1.165, 1.54) is 0 Å². The van der Waals surface area contributed by atoms with Crippen LogP contribution in [0.3, 0.4) is 0 Å². The number of amides is 1. The number of hydrogen-bond acceptors (Lipinski definition) is 3. The second kappa shape index (κ2) is 5.85. The molecule has 0 N–H and O–H groups in total. The lowest BCUT2D eigenvalue weighted by Gasteiger charge is -2.39. The van der Waals surface area contributed by atoms with Crippen molar-refractivity contribution in [2.75, 3.05) is 18.8 Å². The van der Waals surface area contributed by atoms with Gasteiger partial charge in [-0.3, -0.25) is 4.79 Å². The zero-order valence-corrected chi connectivity index (χ0v) is 13.9. The molecule has 0 radical (unpaired) electrons. The first-order chi connectivity index (χ1) is 9.29. The molecule has 0 spiro atoms. The first-order valence-electron chi connectivity index (χ1n) is 6.56. The van der Waals surface area contributed by atoms with Crippen molar-refractivity contribution in [3.05, 3.63) is 34.3 Å². The van der Waals surface area contributed by atoms with Crippen LogP contribution in [0.4, 0.5) is 0 Å². The summed E-state index contributed by atoms with van der Waals surface area (Å²) in [6.45, 7) is 4.39. The van der Waals surface area contributed by atoms with Crippen LogP contribution < -0.4 is 0 Å². The van der Waals surface area contributed by atoms with E-state index in [-0.39, 0.29) is 17.6 Å². The number of sulfone groups is 1. The predicted octanol–water partition coefficient (Wildman–Crippen LogP) is 2.34. The molecule has 0 aromatic heterocycles. The van der Waals surface area contributed by atoms with E-state index in [4.69, 9.17) is 0 Å². The molecule has 4 nitrogen and oxygen atoms in total. The number of benzene rings is 1. The summed E-state index contributed by atoms with van der Waals surface area (Å²) >= 11 is 3.32. The molecule has 1 saturated heterocycles. The topological polar surface area (TPSA) is 54.5 Å². The number of hydrogen-bond donors (Lipinski definition) is 0. The Labute approximate surface area is 128 Å². The largest absolute Gasteiger partial charge is 0.336 e. The van der Waals surface area contributed by atoms with E-state index in [2.05, 4.69) is 15.9 Å². The van der Waals surface area contributed by atoms with Gasteiger partial charge in [0.2, 0.25) is 0 Å². The Balaban J connectivity index is 1.98. The Kier molecular flexibility index (Phi) is 4.54. The van der Waals surface area contributed by atoms with Crippen LogP contribution in [-0.4, -0.2) is 43.3 Å². The van der Waals surface area contributed by atoms with Crippen molar-refractivity contribution < 1.29 is 13.2 Å². The Bertz CT molecular complexity index is 607. The SMILES string of the molecule is CC(C)CS(=O)(=O)C1CN(C(=O)c2cccc(Br)c2)C1. The molecule has 0 bridgehead atoms. The molecular weight excluding hydrogens is 342 g/mol. The molecule has 0 atom stereocenters. The highest BCUT2D eigenvalue weighted by atomic mass is 79.9. The van der Waals surface area contributed by atoms with Gasteiger partial charge in [0.15, 0.2) is 9.84 Å². The minimum Gasteiger partial charge on any atom is -0.336 e. The summed E-state index contributed by atoms with van der Waals surface area (Å²) in [4.78, 5) is 13.8.